The summed E-state index contributed by atoms with van der Waals surface area (Å²) in [7, 11) is 0. The number of ether oxygens (including phenoxy) is 2. The smallest absolute Gasteiger partial charge is 0.266 e. The van der Waals surface area contributed by atoms with E-state index < -0.39 is 0 Å². The summed E-state index contributed by atoms with van der Waals surface area (Å²) in [4.78, 5) is 24.4. The van der Waals surface area contributed by atoms with E-state index >= 15 is 0 Å². The van der Waals surface area contributed by atoms with Gasteiger partial charge in [0.15, 0.2) is 11.5 Å². The van der Waals surface area contributed by atoms with Crippen molar-refractivity contribution >= 4 is 5.91 Å². The van der Waals surface area contributed by atoms with Gasteiger partial charge in [-0.3, -0.25) is 9.59 Å². The monoisotopic (exact) mass is 435 g/mol. The van der Waals surface area contributed by atoms with Gasteiger partial charge in [0.1, 0.15) is 0 Å². The van der Waals surface area contributed by atoms with Crippen LogP contribution in [0.3, 0.4) is 0 Å². The van der Waals surface area contributed by atoms with Crippen molar-refractivity contribution in [1.82, 2.24) is 15.1 Å². The molecule has 1 aromatic heterocycles. The SMILES string of the molecule is CCOc1ccc(CCNC(=O)CCn2nc(-c3ccccc3)ccc2=O)cc1OCC. The van der Waals surface area contributed by atoms with Gasteiger partial charge < -0.3 is 14.8 Å². The topological polar surface area (TPSA) is 82.5 Å². The van der Waals surface area contributed by atoms with Gasteiger partial charge in [0.2, 0.25) is 5.91 Å². The van der Waals surface area contributed by atoms with Crippen LogP contribution in [0.5, 0.6) is 11.5 Å². The zero-order valence-corrected chi connectivity index (χ0v) is 18.5. The summed E-state index contributed by atoms with van der Waals surface area (Å²) in [6.45, 7) is 5.70. The highest BCUT2D eigenvalue weighted by molar-refractivity contribution is 5.75. The third-order valence-corrected chi connectivity index (χ3v) is 4.83. The lowest BCUT2D eigenvalue weighted by Gasteiger charge is -2.13. The minimum absolute atomic E-state index is 0.125. The summed E-state index contributed by atoms with van der Waals surface area (Å²) in [6, 6.07) is 18.6. The van der Waals surface area contributed by atoms with E-state index in [4.69, 9.17) is 9.47 Å². The Morgan fingerprint density at radius 1 is 0.969 bits per heavy atom. The highest BCUT2D eigenvalue weighted by Gasteiger charge is 2.08. The first-order chi connectivity index (χ1) is 15.6. The number of amides is 1. The average Bonchev–Trinajstić information content (AvgIpc) is 2.81. The predicted molar refractivity (Wildman–Crippen MR) is 124 cm³/mol. The van der Waals surface area contributed by atoms with Gasteiger partial charge in [0.05, 0.1) is 25.5 Å². The number of hydrogen-bond donors (Lipinski definition) is 1. The Bertz CT molecular complexity index is 1080. The molecule has 0 atom stereocenters. The van der Waals surface area contributed by atoms with Crippen LogP contribution in [0.4, 0.5) is 0 Å². The standard InChI is InChI=1S/C25H29N3O4/c1-3-31-22-12-10-19(18-23(22)32-4-2)14-16-26-24(29)15-17-28-25(30)13-11-21(27-28)20-8-6-5-7-9-20/h5-13,18H,3-4,14-17H2,1-2H3,(H,26,29). The minimum atomic E-state index is -0.227. The van der Waals surface area contributed by atoms with E-state index in [0.29, 0.717) is 37.6 Å². The van der Waals surface area contributed by atoms with E-state index in [-0.39, 0.29) is 24.4 Å². The van der Waals surface area contributed by atoms with Crippen LogP contribution in [0.15, 0.2) is 65.5 Å². The average molecular weight is 436 g/mol. The number of rotatable bonds is 11. The van der Waals surface area contributed by atoms with Crippen LogP contribution in [0.2, 0.25) is 0 Å². The predicted octanol–water partition coefficient (Wildman–Crippen LogP) is 3.46. The van der Waals surface area contributed by atoms with Crippen molar-refractivity contribution < 1.29 is 14.3 Å². The first kappa shape index (κ1) is 23.1. The molecule has 2 aromatic carbocycles. The van der Waals surface area contributed by atoms with Crippen molar-refractivity contribution in [1.29, 1.82) is 0 Å². The summed E-state index contributed by atoms with van der Waals surface area (Å²) in [5.74, 6) is 1.31. The molecule has 0 bridgehead atoms. The van der Waals surface area contributed by atoms with Crippen LogP contribution in [-0.4, -0.2) is 35.4 Å². The van der Waals surface area contributed by atoms with Gasteiger partial charge in [0.25, 0.3) is 5.56 Å². The molecule has 168 valence electrons. The molecule has 1 N–H and O–H groups in total. The van der Waals surface area contributed by atoms with Crippen LogP contribution in [-0.2, 0) is 17.8 Å². The molecule has 0 saturated heterocycles. The fraction of sp³-hybridized carbons (Fsp3) is 0.320. The van der Waals surface area contributed by atoms with Crippen LogP contribution in [0.25, 0.3) is 11.3 Å². The normalized spacial score (nSPS) is 10.6. The van der Waals surface area contributed by atoms with E-state index in [2.05, 4.69) is 10.4 Å². The number of aromatic nitrogens is 2. The maximum Gasteiger partial charge on any atom is 0.266 e. The summed E-state index contributed by atoms with van der Waals surface area (Å²) < 4.78 is 12.6. The summed E-state index contributed by atoms with van der Waals surface area (Å²) in [5, 5.41) is 7.30. The minimum Gasteiger partial charge on any atom is -0.490 e. The van der Waals surface area contributed by atoms with Crippen LogP contribution < -0.4 is 20.3 Å². The Morgan fingerprint density at radius 3 is 2.47 bits per heavy atom. The van der Waals surface area contributed by atoms with Gasteiger partial charge in [0, 0.05) is 24.6 Å². The Morgan fingerprint density at radius 2 is 1.72 bits per heavy atom. The van der Waals surface area contributed by atoms with Crippen molar-refractivity contribution in [2.75, 3.05) is 19.8 Å². The molecular formula is C25H29N3O4. The summed E-state index contributed by atoms with van der Waals surface area (Å²) in [5.41, 5.74) is 2.44. The van der Waals surface area contributed by atoms with E-state index in [1.807, 2.05) is 62.4 Å². The number of carbonyl (C=O) groups is 1. The second-order valence-electron chi connectivity index (χ2n) is 7.14. The molecule has 0 aliphatic rings. The summed E-state index contributed by atoms with van der Waals surface area (Å²) >= 11 is 0. The van der Waals surface area contributed by atoms with Crippen molar-refractivity contribution in [3.63, 3.8) is 0 Å². The van der Waals surface area contributed by atoms with Crippen LogP contribution in [0.1, 0.15) is 25.8 Å². The van der Waals surface area contributed by atoms with Gasteiger partial charge in [-0.25, -0.2) is 4.68 Å². The molecule has 3 rings (SSSR count). The molecule has 0 aliphatic carbocycles. The van der Waals surface area contributed by atoms with Crippen LogP contribution >= 0.6 is 0 Å². The number of hydrogen-bond acceptors (Lipinski definition) is 5. The zero-order valence-electron chi connectivity index (χ0n) is 18.5. The number of aryl methyl sites for hydroxylation is 1. The largest absolute Gasteiger partial charge is 0.490 e. The molecule has 0 fully saturated rings. The summed E-state index contributed by atoms with van der Waals surface area (Å²) in [6.07, 6.45) is 0.846. The molecule has 3 aromatic rings. The molecular weight excluding hydrogens is 406 g/mol. The lowest BCUT2D eigenvalue weighted by Crippen LogP contribution is -2.29. The fourth-order valence-electron chi connectivity index (χ4n) is 3.27. The van der Waals surface area contributed by atoms with Crippen molar-refractivity contribution in [3.8, 4) is 22.8 Å². The van der Waals surface area contributed by atoms with Gasteiger partial charge >= 0.3 is 0 Å². The molecule has 0 unspecified atom stereocenters. The molecule has 0 radical (unpaired) electrons. The van der Waals surface area contributed by atoms with E-state index in [1.54, 1.807) is 6.07 Å². The Labute approximate surface area is 188 Å². The second kappa shape index (κ2) is 11.7. The fourth-order valence-corrected chi connectivity index (χ4v) is 3.27. The molecule has 32 heavy (non-hydrogen) atoms. The maximum absolute atomic E-state index is 12.3. The molecule has 0 saturated carbocycles. The van der Waals surface area contributed by atoms with E-state index in [0.717, 1.165) is 16.9 Å². The first-order valence-electron chi connectivity index (χ1n) is 10.9. The molecule has 0 spiro atoms. The molecule has 1 amide bonds. The van der Waals surface area contributed by atoms with Gasteiger partial charge in [-0.2, -0.15) is 5.10 Å². The molecule has 7 nitrogen and oxygen atoms in total. The quantitative estimate of drug-likeness (QED) is 0.499. The molecule has 7 heteroatoms. The van der Waals surface area contributed by atoms with E-state index in [9.17, 15) is 9.59 Å². The highest BCUT2D eigenvalue weighted by Crippen LogP contribution is 2.28. The van der Waals surface area contributed by atoms with Gasteiger partial charge in [-0.15, -0.1) is 0 Å². The Balaban J connectivity index is 1.52. The van der Waals surface area contributed by atoms with Crippen molar-refractivity contribution in [2.45, 2.75) is 33.2 Å². The van der Waals surface area contributed by atoms with Crippen LogP contribution in [0, 0.1) is 0 Å². The van der Waals surface area contributed by atoms with Crippen molar-refractivity contribution in [2.24, 2.45) is 0 Å². The first-order valence-corrected chi connectivity index (χ1v) is 10.9. The zero-order chi connectivity index (χ0) is 22.8. The second-order valence-corrected chi connectivity index (χ2v) is 7.14. The number of nitrogens with one attached hydrogen (secondary N) is 1. The molecule has 0 aliphatic heterocycles. The number of benzene rings is 2. The third kappa shape index (κ3) is 6.44. The van der Waals surface area contributed by atoms with E-state index in [1.165, 1.54) is 10.7 Å². The molecule has 1 heterocycles. The number of nitrogens with zero attached hydrogens (tertiary/aromatic N) is 2. The Kier molecular flexibility index (Phi) is 8.43. The van der Waals surface area contributed by atoms with Gasteiger partial charge in [-0.05, 0) is 44.0 Å². The highest BCUT2D eigenvalue weighted by atomic mass is 16.5. The lowest BCUT2D eigenvalue weighted by molar-refractivity contribution is -0.121. The lowest BCUT2D eigenvalue weighted by atomic mass is 10.1. The van der Waals surface area contributed by atoms with Gasteiger partial charge in [-0.1, -0.05) is 36.4 Å². The van der Waals surface area contributed by atoms with Crippen molar-refractivity contribution in [3.05, 3.63) is 76.6 Å². The number of carbonyl (C=O) groups excluding carboxylic acids is 1. The maximum atomic E-state index is 12.3. The Hall–Kier alpha value is -3.61. The third-order valence-electron chi connectivity index (χ3n) is 4.83.